The Labute approximate surface area is 102 Å². The minimum Gasteiger partial charge on any atom is -0.332 e. The number of nitrogens with two attached hydrogens (primary N) is 1. The molecular weight excluding hydrogens is 247 g/mol. The van der Waals surface area contributed by atoms with E-state index in [4.69, 9.17) is 5.73 Å². The van der Waals surface area contributed by atoms with Gasteiger partial charge in [-0.05, 0) is 18.2 Å². The fraction of sp³-hybridized carbons (Fsp3) is 0.364. The smallest absolute Gasteiger partial charge is 0.332 e. The Bertz CT molecular complexity index is 461. The first-order valence-corrected chi connectivity index (χ1v) is 5.37. The fourth-order valence-electron chi connectivity index (χ4n) is 1.81. The molecule has 1 saturated heterocycles. The van der Waals surface area contributed by atoms with Crippen LogP contribution in [0.2, 0.25) is 0 Å². The second-order valence-corrected chi connectivity index (χ2v) is 4.04. The van der Waals surface area contributed by atoms with Gasteiger partial charge in [-0.2, -0.15) is 13.2 Å². The molecule has 0 bridgehead atoms. The topological polar surface area (TPSA) is 58.4 Å². The summed E-state index contributed by atoms with van der Waals surface area (Å²) in [5, 5.41) is 2.59. The zero-order valence-corrected chi connectivity index (χ0v) is 9.37. The van der Waals surface area contributed by atoms with Crippen LogP contribution in [-0.2, 0) is 6.18 Å². The third kappa shape index (κ3) is 2.40. The van der Waals surface area contributed by atoms with Gasteiger partial charge in [-0.3, -0.25) is 4.90 Å². The highest BCUT2D eigenvalue weighted by Crippen LogP contribution is 2.32. The Kier molecular flexibility index (Phi) is 3.16. The normalized spacial score (nSPS) is 20.1. The van der Waals surface area contributed by atoms with Crippen LogP contribution in [0, 0.1) is 0 Å². The molecule has 4 nitrogen and oxygen atoms in total. The fourth-order valence-corrected chi connectivity index (χ4v) is 1.81. The van der Waals surface area contributed by atoms with Gasteiger partial charge in [0.1, 0.15) is 0 Å². The lowest BCUT2D eigenvalue weighted by Gasteiger charge is -2.16. The number of nitrogens with one attached hydrogen (secondary N) is 1. The summed E-state index contributed by atoms with van der Waals surface area (Å²) in [7, 11) is 0. The van der Waals surface area contributed by atoms with Crippen LogP contribution in [0.15, 0.2) is 24.3 Å². The van der Waals surface area contributed by atoms with Crippen molar-refractivity contribution in [2.75, 3.05) is 18.0 Å². The van der Waals surface area contributed by atoms with Crippen LogP contribution >= 0.6 is 0 Å². The second kappa shape index (κ2) is 4.49. The zero-order valence-electron chi connectivity index (χ0n) is 9.37. The first kappa shape index (κ1) is 12.7. The Hall–Kier alpha value is -1.76. The van der Waals surface area contributed by atoms with Gasteiger partial charge in [0.05, 0.1) is 11.6 Å². The molecule has 1 fully saturated rings. The van der Waals surface area contributed by atoms with E-state index in [1.54, 1.807) is 0 Å². The van der Waals surface area contributed by atoms with E-state index in [0.29, 0.717) is 0 Å². The summed E-state index contributed by atoms with van der Waals surface area (Å²) in [5.74, 6) is 0. The third-order valence-corrected chi connectivity index (χ3v) is 2.75. The van der Waals surface area contributed by atoms with Gasteiger partial charge in [0.2, 0.25) is 0 Å². The quantitative estimate of drug-likeness (QED) is 0.846. The van der Waals surface area contributed by atoms with Crippen molar-refractivity contribution in [3.05, 3.63) is 29.8 Å². The molecule has 0 aromatic heterocycles. The van der Waals surface area contributed by atoms with E-state index >= 15 is 0 Å². The standard InChI is InChI=1S/C11H12F3N3O/c12-11(13,14)7-2-1-3-9(4-7)17-6-8(5-15)16-10(17)18/h1-4,8H,5-6,15H2,(H,16,18). The largest absolute Gasteiger partial charge is 0.416 e. The van der Waals surface area contributed by atoms with Crippen molar-refractivity contribution in [3.8, 4) is 0 Å². The van der Waals surface area contributed by atoms with Crippen molar-refractivity contribution in [1.29, 1.82) is 0 Å². The lowest BCUT2D eigenvalue weighted by Crippen LogP contribution is -2.33. The molecule has 0 radical (unpaired) electrons. The van der Waals surface area contributed by atoms with E-state index in [2.05, 4.69) is 5.32 Å². The van der Waals surface area contributed by atoms with Crippen molar-refractivity contribution in [2.24, 2.45) is 5.73 Å². The van der Waals surface area contributed by atoms with Gasteiger partial charge in [-0.1, -0.05) is 6.07 Å². The average molecular weight is 259 g/mol. The van der Waals surface area contributed by atoms with Gasteiger partial charge >= 0.3 is 12.2 Å². The molecule has 1 aliphatic heterocycles. The van der Waals surface area contributed by atoms with Crippen molar-refractivity contribution in [3.63, 3.8) is 0 Å². The van der Waals surface area contributed by atoms with Crippen molar-refractivity contribution < 1.29 is 18.0 Å². The minimum absolute atomic E-state index is 0.221. The number of nitrogens with zero attached hydrogens (tertiary/aromatic N) is 1. The van der Waals surface area contributed by atoms with E-state index < -0.39 is 17.8 Å². The maximum atomic E-state index is 12.6. The highest BCUT2D eigenvalue weighted by molar-refractivity contribution is 5.94. The van der Waals surface area contributed by atoms with Crippen LogP contribution in [-0.4, -0.2) is 25.2 Å². The van der Waals surface area contributed by atoms with Gasteiger partial charge in [0.15, 0.2) is 0 Å². The number of carbonyl (C=O) groups excluding carboxylic acids is 1. The number of hydrogen-bond donors (Lipinski definition) is 2. The highest BCUT2D eigenvalue weighted by atomic mass is 19.4. The summed E-state index contributed by atoms with van der Waals surface area (Å²) in [6.45, 7) is 0.526. The molecule has 0 aliphatic carbocycles. The summed E-state index contributed by atoms with van der Waals surface area (Å²) in [5.41, 5.74) is 4.86. The molecular formula is C11H12F3N3O. The molecule has 18 heavy (non-hydrogen) atoms. The van der Waals surface area contributed by atoms with Crippen LogP contribution in [0.4, 0.5) is 23.7 Å². The molecule has 1 unspecified atom stereocenters. The van der Waals surface area contributed by atoms with Crippen molar-refractivity contribution in [2.45, 2.75) is 12.2 Å². The Morgan fingerprint density at radius 3 is 2.72 bits per heavy atom. The molecule has 7 heteroatoms. The molecule has 1 atom stereocenters. The van der Waals surface area contributed by atoms with Gasteiger partial charge in [0.25, 0.3) is 0 Å². The zero-order chi connectivity index (χ0) is 13.3. The van der Waals surface area contributed by atoms with Crippen LogP contribution in [0.1, 0.15) is 5.56 Å². The first-order valence-electron chi connectivity index (χ1n) is 5.37. The molecule has 1 aliphatic rings. The van der Waals surface area contributed by atoms with E-state index in [-0.39, 0.29) is 24.8 Å². The maximum absolute atomic E-state index is 12.6. The van der Waals surface area contributed by atoms with E-state index in [0.717, 1.165) is 12.1 Å². The summed E-state index contributed by atoms with van der Waals surface area (Å²) >= 11 is 0. The molecule has 98 valence electrons. The lowest BCUT2D eigenvalue weighted by molar-refractivity contribution is -0.137. The molecule has 2 amide bonds. The molecule has 1 heterocycles. The number of carbonyl (C=O) groups is 1. The van der Waals surface area contributed by atoms with Crippen LogP contribution in [0.5, 0.6) is 0 Å². The first-order chi connectivity index (χ1) is 8.41. The number of urea groups is 1. The van der Waals surface area contributed by atoms with E-state index in [9.17, 15) is 18.0 Å². The Balaban J connectivity index is 2.27. The lowest BCUT2D eigenvalue weighted by atomic mass is 10.2. The van der Waals surface area contributed by atoms with Crippen molar-refractivity contribution in [1.82, 2.24) is 5.32 Å². The van der Waals surface area contributed by atoms with Gasteiger partial charge in [0, 0.05) is 18.8 Å². The maximum Gasteiger partial charge on any atom is 0.416 e. The van der Waals surface area contributed by atoms with Gasteiger partial charge in [-0.25, -0.2) is 4.79 Å². The monoisotopic (exact) mass is 259 g/mol. The van der Waals surface area contributed by atoms with Gasteiger partial charge < -0.3 is 11.1 Å². The highest BCUT2D eigenvalue weighted by Gasteiger charge is 2.33. The molecule has 1 aromatic carbocycles. The predicted octanol–water partition coefficient (Wildman–Crippen LogP) is 1.56. The number of benzene rings is 1. The summed E-state index contributed by atoms with van der Waals surface area (Å²) < 4.78 is 37.7. The van der Waals surface area contributed by atoms with Crippen molar-refractivity contribution >= 4 is 11.7 Å². The number of hydrogen-bond acceptors (Lipinski definition) is 2. The number of amides is 2. The Morgan fingerprint density at radius 2 is 2.17 bits per heavy atom. The summed E-state index contributed by atoms with van der Waals surface area (Å²) in [4.78, 5) is 12.8. The predicted molar refractivity (Wildman–Crippen MR) is 60.2 cm³/mol. The number of anilines is 1. The molecule has 3 N–H and O–H groups in total. The summed E-state index contributed by atoms with van der Waals surface area (Å²) in [6.07, 6.45) is -4.42. The molecule has 2 rings (SSSR count). The minimum atomic E-state index is -4.42. The number of rotatable bonds is 2. The van der Waals surface area contributed by atoms with E-state index in [1.807, 2.05) is 0 Å². The SMILES string of the molecule is NCC1CN(c2cccc(C(F)(F)F)c2)C(=O)N1. The molecule has 1 aromatic rings. The second-order valence-electron chi connectivity index (χ2n) is 4.04. The average Bonchev–Trinajstić information content (AvgIpc) is 2.70. The molecule has 0 saturated carbocycles. The van der Waals surface area contributed by atoms with Crippen LogP contribution in [0.25, 0.3) is 0 Å². The summed E-state index contributed by atoms with van der Waals surface area (Å²) in [6, 6.07) is 4.02. The van der Waals surface area contributed by atoms with E-state index in [1.165, 1.54) is 17.0 Å². The van der Waals surface area contributed by atoms with Crippen LogP contribution in [0.3, 0.4) is 0 Å². The Morgan fingerprint density at radius 1 is 1.44 bits per heavy atom. The molecule has 0 spiro atoms. The van der Waals surface area contributed by atoms with Crippen LogP contribution < -0.4 is 16.0 Å². The third-order valence-electron chi connectivity index (χ3n) is 2.75. The number of alkyl halides is 3. The van der Waals surface area contributed by atoms with Gasteiger partial charge in [-0.15, -0.1) is 0 Å². The number of halogens is 3.